The van der Waals surface area contributed by atoms with Gasteiger partial charge < -0.3 is 0 Å². The molecule has 0 unspecified atom stereocenters. The molecule has 0 heterocycles. The zero-order valence-corrected chi connectivity index (χ0v) is 7.23. The van der Waals surface area contributed by atoms with Gasteiger partial charge in [0.05, 0.1) is 5.75 Å². The molecule has 0 spiro atoms. The summed E-state index contributed by atoms with van der Waals surface area (Å²) in [7, 11) is -2.35. The maximum absolute atomic E-state index is 10.2. The fraction of sp³-hybridized carbons (Fsp3) is 0.143. The fourth-order valence-corrected chi connectivity index (χ4v) is 1.30. The number of rotatable bonds is 2. The van der Waals surface area contributed by atoms with Crippen LogP contribution in [0.3, 0.4) is 0 Å². The van der Waals surface area contributed by atoms with E-state index in [0.717, 1.165) is 0 Å². The van der Waals surface area contributed by atoms with Crippen molar-refractivity contribution < 1.29 is 8.42 Å². The van der Waals surface area contributed by atoms with Gasteiger partial charge in [-0.25, -0.2) is 8.42 Å². The van der Waals surface area contributed by atoms with Gasteiger partial charge in [0.15, 0.2) is 0 Å². The third-order valence-electron chi connectivity index (χ3n) is 1.15. The summed E-state index contributed by atoms with van der Waals surface area (Å²) in [4.78, 5) is 0. The lowest BCUT2D eigenvalue weighted by molar-refractivity contribution is 0.614. The summed E-state index contributed by atoms with van der Waals surface area (Å²) >= 11 is 5.54. The standard InChI is InChI=1S/C7H6ClO2S/c8-7-3-1-6(2-4-7)5-11(9)10/h1-3,11H,5H2. The van der Waals surface area contributed by atoms with Gasteiger partial charge in [-0.3, -0.25) is 0 Å². The van der Waals surface area contributed by atoms with E-state index in [2.05, 4.69) is 6.07 Å². The first-order chi connectivity index (χ1) is 5.18. The molecule has 0 bridgehead atoms. The summed E-state index contributed by atoms with van der Waals surface area (Å²) in [6.07, 6.45) is 0. The van der Waals surface area contributed by atoms with Crippen LogP contribution < -0.4 is 0 Å². The Bertz CT molecular complexity index is 295. The summed E-state index contributed by atoms with van der Waals surface area (Å²) in [6.45, 7) is 0. The second-order valence-electron chi connectivity index (χ2n) is 2.04. The van der Waals surface area contributed by atoms with Crippen LogP contribution in [0, 0.1) is 6.07 Å². The molecule has 0 aliphatic heterocycles. The summed E-state index contributed by atoms with van der Waals surface area (Å²) in [5, 5.41) is 0.495. The molecule has 1 aromatic rings. The van der Waals surface area contributed by atoms with Crippen LogP contribution in [0.5, 0.6) is 0 Å². The Morgan fingerprint density at radius 1 is 1.45 bits per heavy atom. The van der Waals surface area contributed by atoms with Crippen molar-refractivity contribution in [3.8, 4) is 0 Å². The molecule has 0 aliphatic carbocycles. The van der Waals surface area contributed by atoms with Crippen LogP contribution in [0.1, 0.15) is 5.56 Å². The van der Waals surface area contributed by atoms with Gasteiger partial charge in [-0.2, -0.15) is 0 Å². The second kappa shape index (κ2) is 3.74. The Balaban J connectivity index is 2.82. The molecule has 0 saturated carbocycles. The Labute approximate surface area is 71.8 Å². The highest BCUT2D eigenvalue weighted by Crippen LogP contribution is 2.08. The fourth-order valence-electron chi connectivity index (χ4n) is 0.685. The van der Waals surface area contributed by atoms with E-state index in [9.17, 15) is 8.42 Å². The molecule has 11 heavy (non-hydrogen) atoms. The molecule has 2 nitrogen and oxygen atoms in total. The van der Waals surface area contributed by atoms with Crippen molar-refractivity contribution >= 4 is 22.3 Å². The molecule has 0 saturated heterocycles. The molecule has 0 amide bonds. The van der Waals surface area contributed by atoms with Crippen molar-refractivity contribution in [1.82, 2.24) is 0 Å². The van der Waals surface area contributed by atoms with E-state index >= 15 is 0 Å². The lowest BCUT2D eigenvalue weighted by Crippen LogP contribution is -1.84. The quantitative estimate of drug-likeness (QED) is 0.711. The molecule has 0 aromatic heterocycles. The van der Waals surface area contributed by atoms with Gasteiger partial charge in [-0.1, -0.05) is 17.7 Å². The van der Waals surface area contributed by atoms with Crippen molar-refractivity contribution in [3.05, 3.63) is 34.9 Å². The molecule has 0 fully saturated rings. The topological polar surface area (TPSA) is 34.1 Å². The number of hydrogen-bond acceptors (Lipinski definition) is 2. The smallest absolute Gasteiger partial charge is 0.144 e. The Hall–Kier alpha value is -0.540. The van der Waals surface area contributed by atoms with Crippen molar-refractivity contribution in [2.45, 2.75) is 5.75 Å². The molecule has 1 radical (unpaired) electrons. The first kappa shape index (κ1) is 8.56. The van der Waals surface area contributed by atoms with Gasteiger partial charge in [-0.05, 0) is 17.7 Å². The zero-order chi connectivity index (χ0) is 8.27. The van der Waals surface area contributed by atoms with Crippen LogP contribution in [-0.4, -0.2) is 8.42 Å². The summed E-state index contributed by atoms with van der Waals surface area (Å²) in [5.41, 5.74) is 0.713. The lowest BCUT2D eigenvalue weighted by atomic mass is 10.2. The largest absolute Gasteiger partial charge is 0.232 e. The van der Waals surface area contributed by atoms with Gasteiger partial charge in [0.1, 0.15) is 10.7 Å². The minimum atomic E-state index is -2.35. The molecule has 4 heteroatoms. The predicted molar refractivity (Wildman–Crippen MR) is 44.3 cm³/mol. The number of hydrogen-bond donors (Lipinski definition) is 1. The van der Waals surface area contributed by atoms with Crippen molar-refractivity contribution in [2.24, 2.45) is 0 Å². The summed E-state index contributed by atoms with van der Waals surface area (Å²) in [5.74, 6) is 0.0585. The van der Waals surface area contributed by atoms with Crippen LogP contribution in [0.25, 0.3) is 0 Å². The van der Waals surface area contributed by atoms with Crippen molar-refractivity contribution in [3.63, 3.8) is 0 Å². The normalized spacial score (nSPS) is 10.4. The monoisotopic (exact) mass is 189 g/mol. The van der Waals surface area contributed by atoms with Gasteiger partial charge in [0.25, 0.3) is 0 Å². The molecular formula is C7H6ClO2S. The molecule has 0 N–H and O–H groups in total. The highest BCUT2D eigenvalue weighted by atomic mass is 35.5. The van der Waals surface area contributed by atoms with E-state index in [1.54, 1.807) is 18.2 Å². The molecule has 59 valence electrons. The van der Waals surface area contributed by atoms with E-state index in [4.69, 9.17) is 11.6 Å². The highest BCUT2D eigenvalue weighted by Gasteiger charge is 1.93. The van der Waals surface area contributed by atoms with E-state index < -0.39 is 10.7 Å². The van der Waals surface area contributed by atoms with E-state index in [-0.39, 0.29) is 5.75 Å². The molecule has 0 aliphatic rings. The number of thiol groups is 1. The minimum absolute atomic E-state index is 0.0585. The molecular weight excluding hydrogens is 184 g/mol. The maximum atomic E-state index is 10.2. The predicted octanol–water partition coefficient (Wildman–Crippen LogP) is 1.25. The van der Waals surface area contributed by atoms with Crippen molar-refractivity contribution in [2.75, 3.05) is 0 Å². The Morgan fingerprint density at radius 2 is 2.18 bits per heavy atom. The van der Waals surface area contributed by atoms with Crippen molar-refractivity contribution in [1.29, 1.82) is 0 Å². The van der Waals surface area contributed by atoms with Crippen LogP contribution in [0.15, 0.2) is 18.2 Å². The average Bonchev–Trinajstić information content (AvgIpc) is 1.93. The number of halogens is 1. The first-order valence-electron chi connectivity index (χ1n) is 2.96. The zero-order valence-electron chi connectivity index (χ0n) is 5.58. The van der Waals surface area contributed by atoms with Crippen LogP contribution in [-0.2, 0) is 16.5 Å². The third-order valence-corrected chi connectivity index (χ3v) is 2.01. The molecule has 1 aromatic carbocycles. The summed E-state index contributed by atoms with van der Waals surface area (Å²) < 4.78 is 20.5. The first-order valence-corrected chi connectivity index (χ1v) is 4.70. The minimum Gasteiger partial charge on any atom is -0.232 e. The van der Waals surface area contributed by atoms with Crippen LogP contribution >= 0.6 is 11.6 Å². The maximum Gasteiger partial charge on any atom is 0.144 e. The van der Waals surface area contributed by atoms with Crippen LogP contribution in [0.2, 0.25) is 5.02 Å². The lowest BCUT2D eigenvalue weighted by Gasteiger charge is -1.92. The van der Waals surface area contributed by atoms with Gasteiger partial charge in [-0.15, -0.1) is 0 Å². The summed E-state index contributed by atoms with van der Waals surface area (Å²) in [6, 6.07) is 7.57. The number of benzene rings is 1. The third kappa shape index (κ3) is 2.91. The second-order valence-corrected chi connectivity index (χ2v) is 3.42. The Kier molecular flexibility index (Phi) is 2.91. The van der Waals surface area contributed by atoms with Gasteiger partial charge >= 0.3 is 0 Å². The highest BCUT2D eigenvalue weighted by molar-refractivity contribution is 7.71. The van der Waals surface area contributed by atoms with Crippen LogP contribution in [0.4, 0.5) is 0 Å². The van der Waals surface area contributed by atoms with E-state index in [1.807, 2.05) is 0 Å². The van der Waals surface area contributed by atoms with Gasteiger partial charge in [0.2, 0.25) is 0 Å². The SMILES string of the molecule is O=[SH](=O)Cc1c[c]c(Cl)cc1. The van der Waals surface area contributed by atoms with E-state index in [1.165, 1.54) is 0 Å². The van der Waals surface area contributed by atoms with Gasteiger partial charge in [0, 0.05) is 11.1 Å². The average molecular weight is 190 g/mol. The van der Waals surface area contributed by atoms with E-state index in [0.29, 0.717) is 10.6 Å². The molecule has 0 atom stereocenters. The molecule has 1 rings (SSSR count). The Morgan fingerprint density at radius 3 is 2.64 bits per heavy atom.